The molecule has 0 saturated carbocycles. The molecule has 0 fully saturated rings. The Balaban J connectivity index is 1.76. The zero-order chi connectivity index (χ0) is 19.6. The fraction of sp³-hybridized carbons (Fsp3) is 0.235. The van der Waals surface area contributed by atoms with Crippen molar-refractivity contribution in [2.24, 2.45) is 12.8 Å². The van der Waals surface area contributed by atoms with Crippen LogP contribution in [0.1, 0.15) is 16.1 Å². The molecule has 142 valence electrons. The van der Waals surface area contributed by atoms with E-state index in [9.17, 15) is 9.18 Å². The van der Waals surface area contributed by atoms with Crippen LogP contribution in [0.25, 0.3) is 11.3 Å². The molecule has 1 aromatic carbocycles. The van der Waals surface area contributed by atoms with Gasteiger partial charge < -0.3 is 15.5 Å². The predicted molar refractivity (Wildman–Crippen MR) is 99.1 cm³/mol. The summed E-state index contributed by atoms with van der Waals surface area (Å²) in [7, 11) is 1.64. The van der Waals surface area contributed by atoms with Crippen LogP contribution < -0.4 is 11.1 Å². The third-order valence-electron chi connectivity index (χ3n) is 3.94. The maximum absolute atomic E-state index is 13.3. The zero-order valence-electron chi connectivity index (χ0n) is 14.2. The number of benzene rings is 1. The van der Waals surface area contributed by atoms with Crippen molar-refractivity contribution >= 4 is 29.1 Å². The van der Waals surface area contributed by atoms with E-state index in [-0.39, 0.29) is 28.5 Å². The van der Waals surface area contributed by atoms with Crippen LogP contribution >= 0.6 is 23.2 Å². The van der Waals surface area contributed by atoms with E-state index in [0.717, 1.165) is 5.56 Å². The van der Waals surface area contributed by atoms with Crippen molar-refractivity contribution in [1.29, 1.82) is 0 Å². The molecule has 10 heteroatoms. The second-order valence-corrected chi connectivity index (χ2v) is 6.59. The molecule has 7 nitrogen and oxygen atoms in total. The van der Waals surface area contributed by atoms with Gasteiger partial charge in [0.1, 0.15) is 11.5 Å². The van der Waals surface area contributed by atoms with E-state index >= 15 is 0 Å². The van der Waals surface area contributed by atoms with Gasteiger partial charge in [0, 0.05) is 25.7 Å². The summed E-state index contributed by atoms with van der Waals surface area (Å²) in [5.74, 6) is -0.857. The average Bonchev–Trinajstić information content (AvgIpc) is 3.16. The minimum Gasteiger partial charge on any atom is -0.439 e. The number of nitrogens with one attached hydrogen (secondary N) is 1. The number of furan rings is 1. The maximum Gasteiger partial charge on any atom is 0.287 e. The second kappa shape index (κ2) is 8.08. The van der Waals surface area contributed by atoms with E-state index in [0.29, 0.717) is 17.7 Å². The largest absolute Gasteiger partial charge is 0.439 e. The van der Waals surface area contributed by atoms with Gasteiger partial charge in [0.05, 0.1) is 5.56 Å². The third-order valence-corrected chi connectivity index (χ3v) is 4.48. The van der Waals surface area contributed by atoms with Gasteiger partial charge in [-0.1, -0.05) is 28.9 Å². The highest BCUT2D eigenvalue weighted by Gasteiger charge is 2.23. The maximum atomic E-state index is 13.3. The van der Waals surface area contributed by atoms with Crippen LogP contribution in [0.3, 0.4) is 0 Å². The first-order valence-electron chi connectivity index (χ1n) is 7.99. The first-order valence-corrected chi connectivity index (χ1v) is 8.75. The highest BCUT2D eigenvalue weighted by atomic mass is 35.5. The van der Waals surface area contributed by atoms with Gasteiger partial charge in [-0.05, 0) is 35.7 Å². The lowest BCUT2D eigenvalue weighted by Gasteiger charge is -2.16. The molecular formula is C17H16Cl2FN5O2. The van der Waals surface area contributed by atoms with Crippen LogP contribution in [-0.2, 0) is 13.5 Å². The number of hydrogen-bond donors (Lipinski definition) is 2. The summed E-state index contributed by atoms with van der Waals surface area (Å²) in [6.45, 7) is 0.168. The molecule has 0 radical (unpaired) electrons. The quantitative estimate of drug-likeness (QED) is 0.649. The van der Waals surface area contributed by atoms with Gasteiger partial charge >= 0.3 is 0 Å². The Morgan fingerprint density at radius 1 is 1.41 bits per heavy atom. The van der Waals surface area contributed by atoms with Crippen LogP contribution in [0, 0.1) is 5.82 Å². The molecule has 0 aliphatic heterocycles. The van der Waals surface area contributed by atoms with E-state index < -0.39 is 11.9 Å². The van der Waals surface area contributed by atoms with Crippen LogP contribution in [0.2, 0.25) is 10.4 Å². The molecule has 0 aliphatic rings. The average molecular weight is 412 g/mol. The summed E-state index contributed by atoms with van der Waals surface area (Å²) in [4.78, 5) is 12.5. The lowest BCUT2D eigenvalue weighted by molar-refractivity contribution is 0.0910. The summed E-state index contributed by atoms with van der Waals surface area (Å²) < 4.78 is 20.1. The molecule has 2 heterocycles. The molecular weight excluding hydrogens is 396 g/mol. The van der Waals surface area contributed by atoms with Crippen molar-refractivity contribution in [2.45, 2.75) is 12.5 Å². The molecule has 0 spiro atoms. The number of rotatable bonds is 6. The number of halogens is 3. The standard InChI is InChI=1S/C17H16Cl2FN5O2/c1-25-14(15(18)23-24-25)12-7-13(27-16(12)19)17(26)22-11(8-21)6-9-3-2-4-10(20)5-9/h2-5,7,11H,6,8,21H2,1H3,(H,22,26). The molecule has 1 unspecified atom stereocenters. The normalized spacial score (nSPS) is 12.2. The van der Waals surface area contributed by atoms with E-state index in [4.69, 9.17) is 33.4 Å². The fourth-order valence-corrected chi connectivity index (χ4v) is 3.14. The van der Waals surface area contributed by atoms with Crippen LogP contribution in [0.5, 0.6) is 0 Å². The molecule has 0 saturated heterocycles. The Morgan fingerprint density at radius 3 is 2.81 bits per heavy atom. The van der Waals surface area contributed by atoms with Crippen molar-refractivity contribution in [3.05, 3.63) is 57.8 Å². The van der Waals surface area contributed by atoms with E-state index in [2.05, 4.69) is 15.6 Å². The van der Waals surface area contributed by atoms with Gasteiger partial charge in [0.25, 0.3) is 5.91 Å². The number of nitrogens with two attached hydrogens (primary N) is 1. The molecule has 0 bridgehead atoms. The highest BCUT2D eigenvalue weighted by Crippen LogP contribution is 2.34. The van der Waals surface area contributed by atoms with Crippen molar-refractivity contribution < 1.29 is 13.6 Å². The van der Waals surface area contributed by atoms with Crippen molar-refractivity contribution in [1.82, 2.24) is 20.3 Å². The van der Waals surface area contributed by atoms with Gasteiger partial charge in [-0.3, -0.25) is 4.79 Å². The number of aryl methyl sites for hydroxylation is 1. The third kappa shape index (κ3) is 4.29. The number of aromatic nitrogens is 3. The fourth-order valence-electron chi connectivity index (χ4n) is 2.66. The SMILES string of the molecule is Cn1nnc(Cl)c1-c1cc(C(=O)NC(CN)Cc2cccc(F)c2)oc1Cl. The molecule has 1 amide bonds. The summed E-state index contributed by atoms with van der Waals surface area (Å²) >= 11 is 12.1. The van der Waals surface area contributed by atoms with Crippen LogP contribution in [-0.4, -0.2) is 33.5 Å². The minimum absolute atomic E-state index is 0.00930. The number of hydrogen-bond acceptors (Lipinski definition) is 5. The van der Waals surface area contributed by atoms with Crippen LogP contribution in [0.15, 0.2) is 34.7 Å². The lowest BCUT2D eigenvalue weighted by Crippen LogP contribution is -2.41. The second-order valence-electron chi connectivity index (χ2n) is 5.89. The summed E-state index contributed by atoms with van der Waals surface area (Å²) in [5, 5.41) is 10.4. The van der Waals surface area contributed by atoms with Crippen molar-refractivity contribution in [3.63, 3.8) is 0 Å². The van der Waals surface area contributed by atoms with Gasteiger partial charge in [0.15, 0.2) is 10.9 Å². The van der Waals surface area contributed by atoms with Crippen LogP contribution in [0.4, 0.5) is 4.39 Å². The van der Waals surface area contributed by atoms with Crippen molar-refractivity contribution in [2.75, 3.05) is 6.54 Å². The monoisotopic (exact) mass is 411 g/mol. The molecule has 3 N–H and O–H groups in total. The highest BCUT2D eigenvalue weighted by molar-refractivity contribution is 6.34. The molecule has 3 aromatic rings. The summed E-state index contributed by atoms with van der Waals surface area (Å²) in [5.41, 5.74) is 7.28. The predicted octanol–water partition coefficient (Wildman–Crippen LogP) is 2.82. The van der Waals surface area contributed by atoms with Gasteiger partial charge in [-0.2, -0.15) is 0 Å². The van der Waals surface area contributed by atoms with E-state index in [1.165, 1.54) is 22.9 Å². The zero-order valence-corrected chi connectivity index (χ0v) is 15.8. The lowest BCUT2D eigenvalue weighted by atomic mass is 10.1. The first-order chi connectivity index (χ1) is 12.9. The smallest absolute Gasteiger partial charge is 0.287 e. The molecule has 1 atom stereocenters. The Kier molecular flexibility index (Phi) is 5.79. The van der Waals surface area contributed by atoms with E-state index in [1.54, 1.807) is 19.2 Å². The molecule has 27 heavy (non-hydrogen) atoms. The number of amides is 1. The molecule has 3 rings (SSSR count). The van der Waals surface area contributed by atoms with Gasteiger partial charge in [-0.25, -0.2) is 9.07 Å². The Hall–Kier alpha value is -2.42. The minimum atomic E-state index is -0.499. The number of carbonyl (C=O) groups is 1. The summed E-state index contributed by atoms with van der Waals surface area (Å²) in [6, 6.07) is 7.16. The molecule has 0 aliphatic carbocycles. The summed E-state index contributed by atoms with van der Waals surface area (Å²) in [6.07, 6.45) is 0.374. The number of carbonyl (C=O) groups excluding carboxylic acids is 1. The van der Waals surface area contributed by atoms with Gasteiger partial charge in [-0.15, -0.1) is 5.10 Å². The van der Waals surface area contributed by atoms with Crippen molar-refractivity contribution in [3.8, 4) is 11.3 Å². The first kappa shape index (κ1) is 19.3. The Labute approximate surface area is 164 Å². The number of nitrogens with zero attached hydrogens (tertiary/aromatic N) is 3. The molecule has 2 aromatic heterocycles. The Morgan fingerprint density at radius 2 is 2.19 bits per heavy atom. The van der Waals surface area contributed by atoms with Gasteiger partial charge in [0.2, 0.25) is 5.22 Å². The topological polar surface area (TPSA) is 99.0 Å². The Bertz CT molecular complexity index is 953. The van der Waals surface area contributed by atoms with E-state index in [1.807, 2.05) is 0 Å².